The average molecular weight is 405 g/mol. The minimum absolute atomic E-state index is 0.232. The van der Waals surface area contributed by atoms with Gasteiger partial charge in [-0.15, -0.1) is 0 Å². The molecule has 2 rings (SSSR count). The third-order valence-corrected chi connectivity index (χ3v) is 5.91. The molecule has 152 valence electrons. The van der Waals surface area contributed by atoms with Crippen LogP contribution in [0.1, 0.15) is 35.2 Å². The molecule has 0 unspecified atom stereocenters. The molecule has 0 aliphatic heterocycles. The zero-order valence-electron chi connectivity index (χ0n) is 17.2. The van der Waals surface area contributed by atoms with Gasteiger partial charge in [-0.25, -0.2) is 8.42 Å². The molecule has 1 atom stereocenters. The predicted octanol–water partition coefficient (Wildman–Crippen LogP) is 3.26. The first-order valence-corrected chi connectivity index (χ1v) is 10.9. The number of sulfonamides is 1. The first-order chi connectivity index (χ1) is 13.0. The van der Waals surface area contributed by atoms with Crippen molar-refractivity contribution in [2.24, 2.45) is 0 Å². The standard InChI is InChI=1S/C21H28N2O4S/c1-14-11-16(3)20(12-15(14)2)17(4)22-21(24)13-23(28(6,25)26)18-7-9-19(27-5)10-8-18/h7-12,17H,13H2,1-6H3,(H,22,24)/t17-/m1/s1. The second-order valence-electron chi connectivity index (χ2n) is 7.05. The van der Waals surface area contributed by atoms with E-state index in [0.717, 1.165) is 27.3 Å². The summed E-state index contributed by atoms with van der Waals surface area (Å²) in [4.78, 5) is 12.6. The summed E-state index contributed by atoms with van der Waals surface area (Å²) < 4.78 is 30.6. The van der Waals surface area contributed by atoms with Gasteiger partial charge in [0.1, 0.15) is 12.3 Å². The van der Waals surface area contributed by atoms with Crippen LogP contribution >= 0.6 is 0 Å². The lowest BCUT2D eigenvalue weighted by Crippen LogP contribution is -2.41. The molecule has 0 spiro atoms. The SMILES string of the molecule is COc1ccc(N(CC(=O)N[C@H](C)c2cc(C)c(C)cc2C)S(C)(=O)=O)cc1. The zero-order valence-corrected chi connectivity index (χ0v) is 18.1. The van der Waals surface area contributed by atoms with Gasteiger partial charge in [-0.05, 0) is 74.2 Å². The van der Waals surface area contributed by atoms with E-state index in [1.54, 1.807) is 24.3 Å². The maximum absolute atomic E-state index is 12.6. The van der Waals surface area contributed by atoms with Crippen LogP contribution in [0.2, 0.25) is 0 Å². The molecule has 28 heavy (non-hydrogen) atoms. The van der Waals surface area contributed by atoms with Crippen LogP contribution in [0.5, 0.6) is 5.75 Å². The van der Waals surface area contributed by atoms with Crippen LogP contribution in [-0.2, 0) is 14.8 Å². The molecule has 0 saturated carbocycles. The number of amides is 1. The maximum atomic E-state index is 12.6. The van der Waals surface area contributed by atoms with Gasteiger partial charge in [0.15, 0.2) is 0 Å². The van der Waals surface area contributed by atoms with Crippen LogP contribution in [0.15, 0.2) is 36.4 Å². The molecule has 0 aliphatic rings. The third kappa shape index (κ3) is 5.25. The van der Waals surface area contributed by atoms with Gasteiger partial charge in [-0.3, -0.25) is 9.10 Å². The number of ether oxygens (including phenoxy) is 1. The van der Waals surface area contributed by atoms with Crippen LogP contribution in [0.25, 0.3) is 0 Å². The van der Waals surface area contributed by atoms with E-state index >= 15 is 0 Å². The van der Waals surface area contributed by atoms with Gasteiger partial charge in [0.2, 0.25) is 15.9 Å². The van der Waals surface area contributed by atoms with E-state index in [9.17, 15) is 13.2 Å². The van der Waals surface area contributed by atoms with Gasteiger partial charge in [0, 0.05) is 0 Å². The molecular formula is C21H28N2O4S. The largest absolute Gasteiger partial charge is 0.497 e. The molecular weight excluding hydrogens is 376 g/mol. The van der Waals surface area contributed by atoms with Gasteiger partial charge in [-0.1, -0.05) is 12.1 Å². The second kappa shape index (κ2) is 8.65. The van der Waals surface area contributed by atoms with E-state index in [0.29, 0.717) is 11.4 Å². The van der Waals surface area contributed by atoms with Crippen molar-refractivity contribution >= 4 is 21.6 Å². The monoisotopic (exact) mass is 404 g/mol. The summed E-state index contributed by atoms with van der Waals surface area (Å²) >= 11 is 0. The minimum atomic E-state index is -3.62. The first kappa shape index (κ1) is 21.8. The van der Waals surface area contributed by atoms with Crippen molar-refractivity contribution in [1.29, 1.82) is 0 Å². The molecule has 0 fully saturated rings. The van der Waals surface area contributed by atoms with Gasteiger partial charge in [0.05, 0.1) is 25.1 Å². The lowest BCUT2D eigenvalue weighted by atomic mass is 9.96. The van der Waals surface area contributed by atoms with E-state index in [1.807, 2.05) is 27.7 Å². The molecule has 6 nitrogen and oxygen atoms in total. The number of benzene rings is 2. The molecule has 0 bridgehead atoms. The number of nitrogens with one attached hydrogen (secondary N) is 1. The van der Waals surface area contributed by atoms with Crippen LogP contribution < -0.4 is 14.4 Å². The number of rotatable bonds is 7. The Bertz CT molecular complexity index is 953. The predicted molar refractivity (Wildman–Crippen MR) is 112 cm³/mol. The van der Waals surface area contributed by atoms with E-state index < -0.39 is 10.0 Å². The highest BCUT2D eigenvalue weighted by molar-refractivity contribution is 7.92. The molecule has 2 aromatic carbocycles. The van der Waals surface area contributed by atoms with Gasteiger partial charge in [-0.2, -0.15) is 0 Å². The maximum Gasteiger partial charge on any atom is 0.241 e. The number of methoxy groups -OCH3 is 1. The number of carbonyl (C=O) groups excluding carboxylic acids is 1. The van der Waals surface area contributed by atoms with E-state index in [-0.39, 0.29) is 18.5 Å². The molecule has 0 radical (unpaired) electrons. The number of aryl methyl sites for hydroxylation is 3. The zero-order chi connectivity index (χ0) is 21.1. The Balaban J connectivity index is 2.18. The summed E-state index contributed by atoms with van der Waals surface area (Å²) in [5, 5.41) is 2.91. The number of carbonyl (C=O) groups is 1. The Morgan fingerprint density at radius 3 is 2.18 bits per heavy atom. The van der Waals surface area contributed by atoms with Crippen LogP contribution in [0.4, 0.5) is 5.69 Å². The van der Waals surface area contributed by atoms with Crippen molar-refractivity contribution in [3.63, 3.8) is 0 Å². The van der Waals surface area contributed by atoms with Crippen molar-refractivity contribution in [2.45, 2.75) is 33.7 Å². The Hall–Kier alpha value is -2.54. The Morgan fingerprint density at radius 1 is 1.07 bits per heavy atom. The minimum Gasteiger partial charge on any atom is -0.497 e. The summed E-state index contributed by atoms with van der Waals surface area (Å²) in [6.45, 7) is 7.69. The quantitative estimate of drug-likeness (QED) is 0.769. The highest BCUT2D eigenvalue weighted by Gasteiger charge is 2.22. The smallest absolute Gasteiger partial charge is 0.241 e. The Labute approximate surface area is 167 Å². The fourth-order valence-electron chi connectivity index (χ4n) is 3.09. The number of nitrogens with zero attached hydrogens (tertiary/aromatic N) is 1. The molecule has 0 aromatic heterocycles. The molecule has 0 saturated heterocycles. The van der Waals surface area contributed by atoms with Crippen LogP contribution in [0, 0.1) is 20.8 Å². The first-order valence-electron chi connectivity index (χ1n) is 9.01. The van der Waals surface area contributed by atoms with Gasteiger partial charge < -0.3 is 10.1 Å². The van der Waals surface area contributed by atoms with Crippen molar-refractivity contribution in [3.05, 3.63) is 58.7 Å². The molecule has 1 amide bonds. The van der Waals surface area contributed by atoms with Crippen molar-refractivity contribution < 1.29 is 17.9 Å². The highest BCUT2D eigenvalue weighted by Crippen LogP contribution is 2.23. The third-order valence-electron chi connectivity index (χ3n) is 4.77. The molecule has 7 heteroatoms. The summed E-state index contributed by atoms with van der Waals surface area (Å²) in [6.07, 6.45) is 1.08. The number of hydrogen-bond acceptors (Lipinski definition) is 4. The summed E-state index contributed by atoms with van der Waals surface area (Å²) in [7, 11) is -2.09. The molecule has 2 aromatic rings. The lowest BCUT2D eigenvalue weighted by Gasteiger charge is -2.24. The lowest BCUT2D eigenvalue weighted by molar-refractivity contribution is -0.120. The van der Waals surface area contributed by atoms with Crippen molar-refractivity contribution in [1.82, 2.24) is 5.32 Å². The Morgan fingerprint density at radius 2 is 1.64 bits per heavy atom. The molecule has 0 aliphatic carbocycles. The normalized spacial score (nSPS) is 12.4. The highest BCUT2D eigenvalue weighted by atomic mass is 32.2. The van der Waals surface area contributed by atoms with Crippen molar-refractivity contribution in [2.75, 3.05) is 24.2 Å². The second-order valence-corrected chi connectivity index (χ2v) is 8.96. The molecule has 1 N–H and O–H groups in total. The van der Waals surface area contributed by atoms with Crippen LogP contribution in [0.3, 0.4) is 0 Å². The summed E-state index contributed by atoms with van der Waals surface area (Å²) in [6, 6.07) is 10.5. The molecule has 0 heterocycles. The average Bonchev–Trinajstić information content (AvgIpc) is 2.62. The fourth-order valence-corrected chi connectivity index (χ4v) is 3.95. The summed E-state index contributed by atoms with van der Waals surface area (Å²) in [5.41, 5.74) is 4.87. The van der Waals surface area contributed by atoms with Crippen LogP contribution in [-0.4, -0.2) is 34.2 Å². The number of hydrogen-bond donors (Lipinski definition) is 1. The van der Waals surface area contributed by atoms with Crippen molar-refractivity contribution in [3.8, 4) is 5.75 Å². The van der Waals surface area contributed by atoms with Gasteiger partial charge in [0.25, 0.3) is 0 Å². The van der Waals surface area contributed by atoms with E-state index in [1.165, 1.54) is 12.7 Å². The van der Waals surface area contributed by atoms with Gasteiger partial charge >= 0.3 is 0 Å². The topological polar surface area (TPSA) is 75.7 Å². The van der Waals surface area contributed by atoms with E-state index in [4.69, 9.17) is 4.74 Å². The summed E-state index contributed by atoms with van der Waals surface area (Å²) in [5.74, 6) is 0.242. The number of anilines is 1. The Kier molecular flexibility index (Phi) is 6.72. The fraction of sp³-hybridized carbons (Fsp3) is 0.381. The van der Waals surface area contributed by atoms with E-state index in [2.05, 4.69) is 17.4 Å².